The monoisotopic (exact) mass is 289 g/mol. The van der Waals surface area contributed by atoms with E-state index in [4.69, 9.17) is 16.3 Å². The Labute approximate surface area is 123 Å². The highest BCUT2D eigenvalue weighted by Gasteiger charge is 2.10. The van der Waals surface area contributed by atoms with Crippen molar-refractivity contribution in [2.75, 3.05) is 7.11 Å². The molecule has 0 unspecified atom stereocenters. The molecule has 0 saturated heterocycles. The van der Waals surface area contributed by atoms with Crippen molar-refractivity contribution in [3.63, 3.8) is 0 Å². The summed E-state index contributed by atoms with van der Waals surface area (Å²) in [5, 5.41) is 0.610. The van der Waals surface area contributed by atoms with E-state index in [9.17, 15) is 4.79 Å². The quantitative estimate of drug-likeness (QED) is 0.817. The first-order valence-corrected chi connectivity index (χ1v) is 6.81. The number of benzene rings is 1. The Hall–Kier alpha value is -1.87. The molecule has 0 saturated carbocycles. The third-order valence-corrected chi connectivity index (χ3v) is 3.25. The zero-order valence-electron chi connectivity index (χ0n) is 11.3. The van der Waals surface area contributed by atoms with E-state index in [1.165, 1.54) is 0 Å². The van der Waals surface area contributed by atoms with Crippen LogP contribution in [-0.2, 0) is 17.6 Å². The summed E-state index contributed by atoms with van der Waals surface area (Å²) in [5.74, 6) is 0.844. The number of pyridine rings is 1. The third-order valence-electron chi connectivity index (χ3n) is 3.02. The first-order valence-electron chi connectivity index (χ1n) is 6.43. The Morgan fingerprint density at radius 2 is 2.15 bits per heavy atom. The van der Waals surface area contributed by atoms with Crippen LogP contribution in [0.5, 0.6) is 5.75 Å². The van der Waals surface area contributed by atoms with Gasteiger partial charge in [0.1, 0.15) is 11.5 Å². The molecule has 0 aliphatic carbocycles. The number of hydrogen-bond donors (Lipinski definition) is 0. The number of ketones is 1. The molecule has 0 bridgehead atoms. The van der Waals surface area contributed by atoms with Gasteiger partial charge in [0.2, 0.25) is 0 Å². The number of aryl methyl sites for hydroxylation is 1. The van der Waals surface area contributed by atoms with E-state index >= 15 is 0 Å². The molecule has 20 heavy (non-hydrogen) atoms. The van der Waals surface area contributed by atoms with Crippen LogP contribution in [-0.4, -0.2) is 17.9 Å². The zero-order valence-corrected chi connectivity index (χ0v) is 12.1. The maximum Gasteiger partial charge on any atom is 0.137 e. The molecule has 0 amide bonds. The number of carbonyl (C=O) groups excluding carboxylic acids is 1. The third kappa shape index (κ3) is 4.07. The van der Waals surface area contributed by atoms with Gasteiger partial charge in [-0.3, -0.25) is 9.78 Å². The van der Waals surface area contributed by atoms with Crippen LogP contribution in [0.1, 0.15) is 17.7 Å². The van der Waals surface area contributed by atoms with E-state index in [1.54, 1.807) is 31.5 Å². The molecular weight excluding hydrogens is 274 g/mol. The summed E-state index contributed by atoms with van der Waals surface area (Å²) in [6, 6.07) is 11.0. The summed E-state index contributed by atoms with van der Waals surface area (Å²) in [7, 11) is 1.59. The maximum absolute atomic E-state index is 12.0. The fraction of sp³-hybridized carbons (Fsp3) is 0.250. The molecule has 1 heterocycles. The van der Waals surface area contributed by atoms with Crippen molar-refractivity contribution in [2.24, 2.45) is 0 Å². The minimum Gasteiger partial charge on any atom is -0.496 e. The molecule has 3 nitrogen and oxygen atoms in total. The highest BCUT2D eigenvalue weighted by Crippen LogP contribution is 2.23. The van der Waals surface area contributed by atoms with Crippen molar-refractivity contribution in [1.29, 1.82) is 0 Å². The summed E-state index contributed by atoms with van der Waals surface area (Å²) in [4.78, 5) is 16.2. The lowest BCUT2D eigenvalue weighted by Crippen LogP contribution is -2.06. The summed E-state index contributed by atoms with van der Waals surface area (Å²) in [6.45, 7) is 0. The predicted molar refractivity (Wildman–Crippen MR) is 79.3 cm³/mol. The van der Waals surface area contributed by atoms with Crippen molar-refractivity contribution in [2.45, 2.75) is 19.3 Å². The second-order valence-electron chi connectivity index (χ2n) is 4.49. The smallest absolute Gasteiger partial charge is 0.137 e. The molecule has 0 fully saturated rings. The van der Waals surface area contributed by atoms with Gasteiger partial charge in [-0.1, -0.05) is 17.7 Å². The second-order valence-corrected chi connectivity index (χ2v) is 4.93. The number of nitrogens with zero attached hydrogens (tertiary/aromatic N) is 1. The van der Waals surface area contributed by atoms with E-state index in [0.29, 0.717) is 30.0 Å². The maximum atomic E-state index is 12.0. The Bertz CT molecular complexity index is 584. The number of rotatable bonds is 6. The Morgan fingerprint density at radius 1 is 1.30 bits per heavy atom. The molecule has 2 rings (SSSR count). The number of Topliss-reactive ketones (excluding diaryl/α,β-unsaturated/α-hetero) is 1. The minimum absolute atomic E-state index is 0.149. The number of halogens is 1. The van der Waals surface area contributed by atoms with Gasteiger partial charge >= 0.3 is 0 Å². The van der Waals surface area contributed by atoms with Gasteiger partial charge in [-0.25, -0.2) is 0 Å². The molecule has 0 atom stereocenters. The second kappa shape index (κ2) is 7.06. The number of methoxy groups -OCH3 is 1. The molecule has 0 aliphatic rings. The van der Waals surface area contributed by atoms with Gasteiger partial charge in [0.05, 0.1) is 7.11 Å². The Morgan fingerprint density at radius 3 is 2.85 bits per heavy atom. The van der Waals surface area contributed by atoms with Crippen molar-refractivity contribution in [3.8, 4) is 5.75 Å². The molecule has 104 valence electrons. The lowest BCUT2D eigenvalue weighted by Gasteiger charge is -2.08. The molecule has 0 spiro atoms. The highest BCUT2D eigenvalue weighted by molar-refractivity contribution is 6.30. The van der Waals surface area contributed by atoms with Crippen LogP contribution in [0, 0.1) is 0 Å². The van der Waals surface area contributed by atoms with E-state index in [-0.39, 0.29) is 5.78 Å². The van der Waals surface area contributed by atoms with Gasteiger partial charge in [0, 0.05) is 35.3 Å². The van der Waals surface area contributed by atoms with E-state index in [1.807, 2.05) is 18.2 Å². The van der Waals surface area contributed by atoms with E-state index < -0.39 is 0 Å². The predicted octanol–water partition coefficient (Wildman–Crippen LogP) is 3.49. The van der Waals surface area contributed by atoms with Crippen LogP contribution in [0.4, 0.5) is 0 Å². The van der Waals surface area contributed by atoms with Crippen LogP contribution in [0.15, 0.2) is 42.6 Å². The zero-order chi connectivity index (χ0) is 14.4. The van der Waals surface area contributed by atoms with Crippen LogP contribution >= 0.6 is 11.6 Å². The van der Waals surface area contributed by atoms with E-state index in [2.05, 4.69) is 4.98 Å². The fourth-order valence-corrected chi connectivity index (χ4v) is 2.19. The van der Waals surface area contributed by atoms with Gasteiger partial charge < -0.3 is 4.74 Å². The summed E-state index contributed by atoms with van der Waals surface area (Å²) in [6.07, 6.45) is 3.19. The highest BCUT2D eigenvalue weighted by atomic mass is 35.5. The van der Waals surface area contributed by atoms with Crippen LogP contribution in [0.25, 0.3) is 0 Å². The molecule has 0 N–H and O–H groups in total. The molecular formula is C16H16ClNO2. The lowest BCUT2D eigenvalue weighted by atomic mass is 10.0. The number of aromatic nitrogens is 1. The van der Waals surface area contributed by atoms with Crippen LogP contribution in [0.2, 0.25) is 5.02 Å². The largest absolute Gasteiger partial charge is 0.496 e. The molecule has 4 heteroatoms. The minimum atomic E-state index is 0.149. The van der Waals surface area contributed by atoms with Gasteiger partial charge in [-0.2, -0.15) is 0 Å². The molecule has 0 aliphatic heterocycles. The molecule has 2 aromatic rings. The fourth-order valence-electron chi connectivity index (χ4n) is 2.00. The molecule has 0 radical (unpaired) electrons. The topological polar surface area (TPSA) is 39.2 Å². The Kier molecular flexibility index (Phi) is 5.13. The van der Waals surface area contributed by atoms with Crippen molar-refractivity contribution in [1.82, 2.24) is 4.98 Å². The number of ether oxygens (including phenoxy) is 1. The SMILES string of the molecule is COc1ccc(Cl)cc1CC(=O)CCc1ccccn1. The summed E-state index contributed by atoms with van der Waals surface area (Å²) >= 11 is 5.95. The first-order chi connectivity index (χ1) is 9.69. The average molecular weight is 290 g/mol. The van der Waals surface area contributed by atoms with Gasteiger partial charge in [0.15, 0.2) is 0 Å². The standard InChI is InChI=1S/C16H16ClNO2/c1-20-16-8-5-13(17)10-12(16)11-15(19)7-6-14-4-2-3-9-18-14/h2-5,8-10H,6-7,11H2,1H3. The number of carbonyl (C=O) groups is 1. The Balaban J connectivity index is 1.96. The average Bonchev–Trinajstić information content (AvgIpc) is 2.46. The van der Waals surface area contributed by atoms with Gasteiger partial charge in [-0.05, 0) is 36.8 Å². The van der Waals surface area contributed by atoms with Crippen molar-refractivity contribution < 1.29 is 9.53 Å². The van der Waals surface area contributed by atoms with Crippen LogP contribution in [0.3, 0.4) is 0 Å². The normalized spacial score (nSPS) is 10.3. The first kappa shape index (κ1) is 14.5. The van der Waals surface area contributed by atoms with Gasteiger partial charge in [0.25, 0.3) is 0 Å². The summed E-state index contributed by atoms with van der Waals surface area (Å²) < 4.78 is 5.24. The van der Waals surface area contributed by atoms with Crippen molar-refractivity contribution in [3.05, 3.63) is 58.9 Å². The lowest BCUT2D eigenvalue weighted by molar-refractivity contribution is -0.118. The molecule has 1 aromatic heterocycles. The number of hydrogen-bond acceptors (Lipinski definition) is 3. The van der Waals surface area contributed by atoms with Crippen LogP contribution < -0.4 is 4.74 Å². The molecule has 1 aromatic carbocycles. The van der Waals surface area contributed by atoms with Crippen molar-refractivity contribution >= 4 is 17.4 Å². The summed E-state index contributed by atoms with van der Waals surface area (Å²) in [5.41, 5.74) is 1.75. The van der Waals surface area contributed by atoms with E-state index in [0.717, 1.165) is 11.3 Å². The van der Waals surface area contributed by atoms with Gasteiger partial charge in [-0.15, -0.1) is 0 Å².